The molecule has 0 aromatic heterocycles. The Kier molecular flexibility index (Phi) is 5.73. The number of amides is 1. The molecular formula is C18H25N3O5. The van der Waals surface area contributed by atoms with E-state index < -0.39 is 11.0 Å². The molecule has 8 nitrogen and oxygen atoms in total. The van der Waals surface area contributed by atoms with Gasteiger partial charge < -0.3 is 19.6 Å². The third-order valence-corrected chi connectivity index (χ3v) is 5.20. The molecule has 2 aliphatic rings. The fourth-order valence-electron chi connectivity index (χ4n) is 3.64. The van der Waals surface area contributed by atoms with Crippen molar-refractivity contribution in [3.63, 3.8) is 0 Å². The van der Waals surface area contributed by atoms with Crippen molar-refractivity contribution >= 4 is 17.3 Å². The van der Waals surface area contributed by atoms with Crippen molar-refractivity contribution in [1.29, 1.82) is 0 Å². The van der Waals surface area contributed by atoms with Gasteiger partial charge in [0.15, 0.2) is 0 Å². The van der Waals surface area contributed by atoms with E-state index in [1.54, 1.807) is 24.0 Å². The van der Waals surface area contributed by atoms with Gasteiger partial charge in [-0.05, 0) is 31.9 Å². The number of hydrogen-bond acceptors (Lipinski definition) is 6. The maximum atomic E-state index is 12.6. The van der Waals surface area contributed by atoms with E-state index in [1.165, 1.54) is 6.07 Å². The number of carbonyl (C=O) groups excluding carboxylic acids is 1. The molecule has 2 fully saturated rings. The highest BCUT2D eigenvalue weighted by Gasteiger charge is 2.29. The van der Waals surface area contributed by atoms with Gasteiger partial charge in [-0.15, -0.1) is 0 Å². The van der Waals surface area contributed by atoms with Gasteiger partial charge in [-0.1, -0.05) is 0 Å². The molecule has 2 atom stereocenters. The first-order chi connectivity index (χ1) is 12.5. The summed E-state index contributed by atoms with van der Waals surface area (Å²) in [5, 5.41) is 21.5. The predicted molar refractivity (Wildman–Crippen MR) is 96.4 cm³/mol. The Morgan fingerprint density at radius 2 is 2.08 bits per heavy atom. The van der Waals surface area contributed by atoms with E-state index >= 15 is 0 Å². The van der Waals surface area contributed by atoms with Crippen molar-refractivity contribution in [3.8, 4) is 0 Å². The molecule has 8 heteroatoms. The number of ether oxygens (including phenoxy) is 1. The molecule has 2 aliphatic heterocycles. The van der Waals surface area contributed by atoms with Crippen LogP contribution in [0.2, 0.25) is 0 Å². The van der Waals surface area contributed by atoms with Crippen molar-refractivity contribution in [3.05, 3.63) is 33.9 Å². The maximum Gasteiger partial charge on any atom is 0.293 e. The van der Waals surface area contributed by atoms with Gasteiger partial charge in [0.1, 0.15) is 5.69 Å². The molecule has 0 spiro atoms. The quantitative estimate of drug-likeness (QED) is 0.646. The molecule has 26 heavy (non-hydrogen) atoms. The summed E-state index contributed by atoms with van der Waals surface area (Å²) in [7, 11) is 0. The van der Waals surface area contributed by atoms with Crippen LogP contribution >= 0.6 is 0 Å². The summed E-state index contributed by atoms with van der Waals surface area (Å²) in [4.78, 5) is 27.4. The second-order valence-corrected chi connectivity index (χ2v) is 6.95. The summed E-state index contributed by atoms with van der Waals surface area (Å²) in [5.74, 6) is -0.110. The fourth-order valence-corrected chi connectivity index (χ4v) is 3.64. The number of nitro groups is 1. The maximum absolute atomic E-state index is 12.6. The van der Waals surface area contributed by atoms with E-state index in [2.05, 4.69) is 0 Å². The number of benzene rings is 1. The van der Waals surface area contributed by atoms with Crippen LogP contribution in [0.25, 0.3) is 0 Å². The number of nitro benzene ring substituents is 1. The number of anilines is 1. The average Bonchev–Trinajstić information content (AvgIpc) is 2.67. The first-order valence-electron chi connectivity index (χ1n) is 9.06. The number of aliphatic hydroxyl groups excluding tert-OH is 1. The zero-order valence-electron chi connectivity index (χ0n) is 15.0. The largest absolute Gasteiger partial charge is 0.393 e. The van der Waals surface area contributed by atoms with Gasteiger partial charge in [0.25, 0.3) is 11.6 Å². The van der Waals surface area contributed by atoms with Gasteiger partial charge in [0.05, 0.1) is 24.2 Å². The monoisotopic (exact) mass is 363 g/mol. The average molecular weight is 363 g/mol. The van der Waals surface area contributed by atoms with Crippen LogP contribution < -0.4 is 4.90 Å². The third-order valence-electron chi connectivity index (χ3n) is 5.20. The van der Waals surface area contributed by atoms with Crippen LogP contribution in [0, 0.1) is 16.0 Å². The van der Waals surface area contributed by atoms with Crippen LogP contribution in [0.4, 0.5) is 11.4 Å². The lowest BCUT2D eigenvalue weighted by Crippen LogP contribution is -2.41. The van der Waals surface area contributed by atoms with E-state index in [1.807, 2.05) is 4.90 Å². The summed E-state index contributed by atoms with van der Waals surface area (Å²) in [6, 6.07) is 4.70. The second-order valence-electron chi connectivity index (χ2n) is 6.95. The summed E-state index contributed by atoms with van der Waals surface area (Å²) in [5.41, 5.74) is 0.778. The van der Waals surface area contributed by atoms with Crippen LogP contribution in [0.3, 0.4) is 0 Å². The summed E-state index contributed by atoms with van der Waals surface area (Å²) < 4.78 is 5.25. The highest BCUT2D eigenvalue weighted by molar-refractivity contribution is 5.96. The summed E-state index contributed by atoms with van der Waals surface area (Å²) in [6.07, 6.45) is 1.34. The molecule has 0 aliphatic carbocycles. The Hall–Kier alpha value is -2.19. The normalized spacial score (nSPS) is 22.2. The van der Waals surface area contributed by atoms with Gasteiger partial charge in [0, 0.05) is 43.7 Å². The Morgan fingerprint density at radius 1 is 1.35 bits per heavy atom. The lowest BCUT2D eigenvalue weighted by Gasteiger charge is -2.35. The van der Waals surface area contributed by atoms with Crippen molar-refractivity contribution < 1.29 is 19.6 Å². The molecule has 142 valence electrons. The molecule has 2 saturated heterocycles. The Bertz CT molecular complexity index is 673. The molecule has 1 amide bonds. The molecule has 2 unspecified atom stereocenters. The lowest BCUT2D eigenvalue weighted by molar-refractivity contribution is -0.384. The highest BCUT2D eigenvalue weighted by atomic mass is 16.6. The Morgan fingerprint density at radius 3 is 2.73 bits per heavy atom. The highest BCUT2D eigenvalue weighted by Crippen LogP contribution is 2.33. The molecule has 1 aromatic rings. The van der Waals surface area contributed by atoms with Gasteiger partial charge in [-0.25, -0.2) is 0 Å². The predicted octanol–water partition coefficient (Wildman–Crippen LogP) is 1.66. The topological polar surface area (TPSA) is 96.2 Å². The Balaban J connectivity index is 1.85. The van der Waals surface area contributed by atoms with Gasteiger partial charge in [-0.2, -0.15) is 0 Å². The molecule has 0 radical (unpaired) electrons. The number of nitrogens with zero attached hydrogens (tertiary/aromatic N) is 3. The molecule has 1 aromatic carbocycles. The molecular weight excluding hydrogens is 338 g/mol. The van der Waals surface area contributed by atoms with Gasteiger partial charge in [0.2, 0.25) is 0 Å². The summed E-state index contributed by atoms with van der Waals surface area (Å²) >= 11 is 0. The van der Waals surface area contributed by atoms with Crippen molar-refractivity contribution in [2.75, 3.05) is 44.3 Å². The molecule has 1 N–H and O–H groups in total. The third kappa shape index (κ3) is 3.96. The SMILES string of the molecule is CC(O)C1CCCN(c2ccc(C(=O)N3CCOCC3)cc2[N+](=O)[O-])C1. The Labute approximate surface area is 152 Å². The van der Waals surface area contributed by atoms with E-state index in [0.29, 0.717) is 50.6 Å². The van der Waals surface area contributed by atoms with Gasteiger partial charge in [-0.3, -0.25) is 14.9 Å². The lowest BCUT2D eigenvalue weighted by atomic mass is 9.93. The van der Waals surface area contributed by atoms with E-state index in [9.17, 15) is 20.0 Å². The zero-order valence-corrected chi connectivity index (χ0v) is 15.0. The minimum atomic E-state index is -0.445. The molecule has 0 bridgehead atoms. The number of carbonyl (C=O) groups is 1. The van der Waals surface area contributed by atoms with Crippen LogP contribution in [-0.4, -0.2) is 66.3 Å². The van der Waals surface area contributed by atoms with Crippen molar-refractivity contribution in [1.82, 2.24) is 4.90 Å². The number of aliphatic hydroxyl groups is 1. The van der Waals surface area contributed by atoms with Crippen LogP contribution in [0.1, 0.15) is 30.1 Å². The summed E-state index contributed by atoms with van der Waals surface area (Å²) in [6.45, 7) is 5.01. The fraction of sp³-hybridized carbons (Fsp3) is 0.611. The number of morpholine rings is 1. The minimum absolute atomic E-state index is 0.0599. The van der Waals surface area contributed by atoms with E-state index in [0.717, 1.165) is 12.8 Å². The first kappa shape index (κ1) is 18.6. The van der Waals surface area contributed by atoms with Crippen LogP contribution in [-0.2, 0) is 4.74 Å². The molecule has 3 rings (SSSR count). The van der Waals surface area contributed by atoms with Crippen molar-refractivity contribution in [2.24, 2.45) is 5.92 Å². The van der Waals surface area contributed by atoms with Gasteiger partial charge >= 0.3 is 0 Å². The number of hydrogen-bond donors (Lipinski definition) is 1. The standard InChI is InChI=1S/C18H25N3O5/c1-13(22)15-3-2-6-20(12-15)16-5-4-14(11-17(16)21(24)25)18(23)19-7-9-26-10-8-19/h4-5,11,13,15,22H,2-3,6-10,12H2,1H3. The first-order valence-corrected chi connectivity index (χ1v) is 9.06. The number of rotatable bonds is 4. The van der Waals surface area contributed by atoms with E-state index in [4.69, 9.17) is 4.74 Å². The van der Waals surface area contributed by atoms with Crippen molar-refractivity contribution in [2.45, 2.75) is 25.9 Å². The second kappa shape index (κ2) is 8.01. The van der Waals surface area contributed by atoms with Crippen LogP contribution in [0.15, 0.2) is 18.2 Å². The molecule has 0 saturated carbocycles. The van der Waals surface area contributed by atoms with E-state index in [-0.39, 0.29) is 17.5 Å². The zero-order chi connectivity index (χ0) is 18.7. The molecule has 2 heterocycles. The minimum Gasteiger partial charge on any atom is -0.393 e. The smallest absolute Gasteiger partial charge is 0.293 e. The number of piperidine rings is 1. The van der Waals surface area contributed by atoms with Crippen LogP contribution in [0.5, 0.6) is 0 Å².